The second-order valence-corrected chi connectivity index (χ2v) is 9.61. The lowest BCUT2D eigenvalue weighted by atomic mass is 10.2. The summed E-state index contributed by atoms with van der Waals surface area (Å²) in [7, 11) is 5.53. The number of nitrogens with one attached hydrogen (secondary N) is 2. The van der Waals surface area contributed by atoms with Crippen LogP contribution in [0, 0.1) is 6.92 Å². The highest BCUT2D eigenvalue weighted by Crippen LogP contribution is 2.28. The molecule has 0 aliphatic heterocycles. The van der Waals surface area contributed by atoms with Gasteiger partial charge in [-0.25, -0.2) is 14.3 Å². The van der Waals surface area contributed by atoms with E-state index in [0.717, 1.165) is 41.1 Å². The van der Waals surface area contributed by atoms with E-state index in [1.165, 1.54) is 0 Å². The number of anilines is 4. The average molecular weight is 491 g/mol. The van der Waals surface area contributed by atoms with E-state index in [9.17, 15) is 4.79 Å². The highest BCUT2D eigenvalue weighted by molar-refractivity contribution is 7.97. The number of hydrogen-bond acceptors (Lipinski definition) is 8. The Bertz CT molecular complexity index is 1360. The number of benzene rings is 1. The van der Waals surface area contributed by atoms with Gasteiger partial charge in [-0.1, -0.05) is 0 Å². The van der Waals surface area contributed by atoms with Crippen molar-refractivity contribution >= 4 is 45.9 Å². The molecular weight excluding hydrogens is 460 g/mol. The second-order valence-electron chi connectivity index (χ2n) is 8.33. The van der Waals surface area contributed by atoms with Gasteiger partial charge >= 0.3 is 0 Å². The molecule has 3 aromatic heterocycles. The second kappa shape index (κ2) is 11.4. The van der Waals surface area contributed by atoms with Crippen LogP contribution in [0.5, 0.6) is 0 Å². The molecule has 0 saturated carbocycles. The Morgan fingerprint density at radius 3 is 2.63 bits per heavy atom. The van der Waals surface area contributed by atoms with Crippen molar-refractivity contribution in [1.29, 1.82) is 0 Å². The van der Waals surface area contributed by atoms with Crippen molar-refractivity contribution in [2.45, 2.75) is 18.2 Å². The van der Waals surface area contributed by atoms with E-state index in [-0.39, 0.29) is 5.56 Å². The third kappa shape index (κ3) is 6.39. The number of aryl methyl sites for hydroxylation is 2. The summed E-state index contributed by atoms with van der Waals surface area (Å²) < 4.78 is 8.87. The molecule has 4 aromatic rings. The van der Waals surface area contributed by atoms with Gasteiger partial charge in [0.15, 0.2) is 0 Å². The summed E-state index contributed by atoms with van der Waals surface area (Å²) in [5.74, 6) is 1.80. The van der Waals surface area contributed by atoms with Crippen LogP contribution in [0.3, 0.4) is 0 Å². The van der Waals surface area contributed by atoms with Gasteiger partial charge in [0.2, 0.25) is 0 Å². The summed E-state index contributed by atoms with van der Waals surface area (Å²) in [4.78, 5) is 23.2. The fourth-order valence-corrected chi connectivity index (χ4v) is 4.48. The lowest BCUT2D eigenvalue weighted by molar-refractivity contribution is 0.190. The molecule has 0 saturated heterocycles. The van der Waals surface area contributed by atoms with Crippen molar-refractivity contribution in [3.63, 3.8) is 0 Å². The minimum atomic E-state index is -0.109. The fraction of sp³-hybridized carbons (Fsp3) is 0.269. The highest BCUT2D eigenvalue weighted by Gasteiger charge is 2.12. The fourth-order valence-electron chi connectivity index (χ4n) is 3.64. The predicted octanol–water partition coefficient (Wildman–Crippen LogP) is 5.10. The molecule has 35 heavy (non-hydrogen) atoms. The molecule has 4 rings (SSSR count). The molecule has 3 heterocycles. The van der Waals surface area contributed by atoms with Gasteiger partial charge in [0.05, 0.1) is 5.39 Å². The Kier molecular flexibility index (Phi) is 8.02. The Labute approximate surface area is 209 Å². The van der Waals surface area contributed by atoms with Gasteiger partial charge in [0.25, 0.3) is 5.56 Å². The first-order chi connectivity index (χ1) is 16.9. The lowest BCUT2D eigenvalue weighted by Crippen LogP contribution is -2.17. The Morgan fingerprint density at radius 1 is 1.09 bits per heavy atom. The first-order valence-electron chi connectivity index (χ1n) is 11.4. The standard InChI is InChI=1S/C26H30N6O2S/c1-18-10-12-27-22(16-18)29-23-17-19-11-14-31(2)26(33)24(19)25(30-23)28-20-6-8-21(9-7-20)35-32(3)13-5-15-34-4/h6-12,14,16-17H,5,13,15H2,1-4H3,(H2,27,28,29,30). The number of aromatic nitrogens is 3. The van der Waals surface area contributed by atoms with E-state index < -0.39 is 0 Å². The van der Waals surface area contributed by atoms with Gasteiger partial charge in [0, 0.05) is 50.3 Å². The summed E-state index contributed by atoms with van der Waals surface area (Å²) in [5.41, 5.74) is 1.84. The smallest absolute Gasteiger partial charge is 0.261 e. The number of nitrogens with zero attached hydrogens (tertiary/aromatic N) is 4. The molecule has 2 N–H and O–H groups in total. The Hall–Kier alpha value is -3.40. The molecular formula is C26H30N6O2S. The van der Waals surface area contributed by atoms with E-state index in [2.05, 4.69) is 39.1 Å². The van der Waals surface area contributed by atoms with E-state index in [1.807, 2.05) is 43.3 Å². The zero-order valence-electron chi connectivity index (χ0n) is 20.4. The van der Waals surface area contributed by atoms with E-state index >= 15 is 0 Å². The molecule has 9 heteroatoms. The van der Waals surface area contributed by atoms with Crippen molar-refractivity contribution in [3.8, 4) is 0 Å². The first-order valence-corrected chi connectivity index (χ1v) is 12.2. The molecule has 0 aliphatic rings. The SMILES string of the molecule is COCCCN(C)Sc1ccc(Nc2nc(Nc3cc(C)ccn3)cc3ccn(C)c(=O)c23)cc1. The molecule has 0 aliphatic carbocycles. The summed E-state index contributed by atoms with van der Waals surface area (Å²) in [6, 6.07) is 15.8. The van der Waals surface area contributed by atoms with Crippen LogP contribution < -0.4 is 16.2 Å². The van der Waals surface area contributed by atoms with E-state index in [4.69, 9.17) is 9.72 Å². The van der Waals surface area contributed by atoms with E-state index in [1.54, 1.807) is 43.1 Å². The molecule has 182 valence electrons. The van der Waals surface area contributed by atoms with Crippen molar-refractivity contribution in [3.05, 3.63) is 76.8 Å². The molecule has 0 radical (unpaired) electrons. The van der Waals surface area contributed by atoms with Crippen LogP contribution in [0.25, 0.3) is 10.8 Å². The normalized spacial score (nSPS) is 11.2. The van der Waals surface area contributed by atoms with Crippen LogP contribution in [0.1, 0.15) is 12.0 Å². The molecule has 8 nitrogen and oxygen atoms in total. The molecule has 0 spiro atoms. The maximum absolute atomic E-state index is 13.0. The molecule has 0 amide bonds. The topological polar surface area (TPSA) is 84.3 Å². The number of fused-ring (bicyclic) bond motifs is 1. The summed E-state index contributed by atoms with van der Waals surface area (Å²) in [5, 5.41) is 7.94. The third-order valence-electron chi connectivity index (χ3n) is 5.43. The van der Waals surface area contributed by atoms with Crippen LogP contribution in [0.2, 0.25) is 0 Å². The van der Waals surface area contributed by atoms with E-state index in [0.29, 0.717) is 22.8 Å². The summed E-state index contributed by atoms with van der Waals surface area (Å²) >= 11 is 1.68. The van der Waals surface area contributed by atoms with Crippen LogP contribution in [-0.2, 0) is 11.8 Å². The number of hydrogen-bond donors (Lipinski definition) is 2. The number of ether oxygens (including phenoxy) is 1. The Balaban J connectivity index is 1.60. The molecule has 0 bridgehead atoms. The largest absolute Gasteiger partial charge is 0.385 e. The van der Waals surface area contributed by atoms with Crippen molar-refractivity contribution in [1.82, 2.24) is 18.8 Å². The van der Waals surface area contributed by atoms with Crippen molar-refractivity contribution < 1.29 is 4.74 Å². The molecule has 0 fully saturated rings. The zero-order valence-corrected chi connectivity index (χ0v) is 21.2. The van der Waals surface area contributed by atoms with Gasteiger partial charge in [-0.3, -0.25) is 4.79 Å². The maximum Gasteiger partial charge on any atom is 0.261 e. The Morgan fingerprint density at radius 2 is 1.89 bits per heavy atom. The third-order valence-corrected chi connectivity index (χ3v) is 6.41. The average Bonchev–Trinajstić information content (AvgIpc) is 2.83. The first kappa shape index (κ1) is 24.7. The summed E-state index contributed by atoms with van der Waals surface area (Å²) in [6.45, 7) is 3.70. The van der Waals surface area contributed by atoms with Gasteiger partial charge in [0.1, 0.15) is 17.5 Å². The van der Waals surface area contributed by atoms with Gasteiger partial charge in [-0.05, 0) is 91.8 Å². The predicted molar refractivity (Wildman–Crippen MR) is 144 cm³/mol. The van der Waals surface area contributed by atoms with Crippen LogP contribution in [0.15, 0.2) is 70.6 Å². The number of methoxy groups -OCH3 is 1. The molecule has 0 unspecified atom stereocenters. The number of rotatable bonds is 10. The van der Waals surface area contributed by atoms with Crippen molar-refractivity contribution in [2.24, 2.45) is 7.05 Å². The van der Waals surface area contributed by atoms with Gasteiger partial charge in [-0.15, -0.1) is 0 Å². The van der Waals surface area contributed by atoms with Gasteiger partial charge < -0.3 is 19.9 Å². The highest BCUT2D eigenvalue weighted by atomic mass is 32.2. The quantitative estimate of drug-likeness (QED) is 0.235. The lowest BCUT2D eigenvalue weighted by Gasteiger charge is -2.16. The van der Waals surface area contributed by atoms with Crippen molar-refractivity contribution in [2.75, 3.05) is 37.9 Å². The summed E-state index contributed by atoms with van der Waals surface area (Å²) in [6.07, 6.45) is 4.50. The van der Waals surface area contributed by atoms with Gasteiger partial charge in [-0.2, -0.15) is 0 Å². The maximum atomic E-state index is 13.0. The van der Waals surface area contributed by atoms with Crippen LogP contribution in [0.4, 0.5) is 23.1 Å². The number of pyridine rings is 3. The van der Waals surface area contributed by atoms with Crippen LogP contribution in [-0.4, -0.2) is 46.1 Å². The monoisotopic (exact) mass is 490 g/mol. The van der Waals surface area contributed by atoms with Crippen LogP contribution >= 0.6 is 11.9 Å². The zero-order chi connectivity index (χ0) is 24.8. The minimum absolute atomic E-state index is 0.109. The molecule has 1 aromatic carbocycles. The minimum Gasteiger partial charge on any atom is -0.385 e. The molecule has 0 atom stereocenters.